The number of fused-ring (bicyclic) bond motifs is 1. The zero-order valence-electron chi connectivity index (χ0n) is 16.5. The molecule has 1 aliphatic carbocycles. The van der Waals surface area contributed by atoms with Gasteiger partial charge in [-0.25, -0.2) is 9.97 Å². The van der Waals surface area contributed by atoms with Gasteiger partial charge in [-0.3, -0.25) is 4.79 Å². The molecule has 0 unspecified atom stereocenters. The van der Waals surface area contributed by atoms with E-state index < -0.39 is 0 Å². The van der Waals surface area contributed by atoms with Gasteiger partial charge in [0.1, 0.15) is 29.1 Å². The highest BCUT2D eigenvalue weighted by atomic mass is 16.5. The third-order valence-electron chi connectivity index (χ3n) is 4.78. The predicted octanol–water partition coefficient (Wildman–Crippen LogP) is 3.68. The molecular weight excluding hydrogens is 370 g/mol. The van der Waals surface area contributed by atoms with Gasteiger partial charge in [0.2, 0.25) is 5.91 Å². The second kappa shape index (κ2) is 8.45. The number of benzene rings is 2. The van der Waals surface area contributed by atoms with E-state index in [0.717, 1.165) is 29.7 Å². The summed E-state index contributed by atoms with van der Waals surface area (Å²) in [6.07, 6.45) is 3.46. The monoisotopic (exact) mass is 393 g/mol. The lowest BCUT2D eigenvalue weighted by Gasteiger charge is -2.12. The molecule has 1 amide bonds. The number of carbonyl (C=O) groups is 1. The first-order valence-corrected chi connectivity index (χ1v) is 9.56. The fourth-order valence-corrected chi connectivity index (χ4v) is 3.10. The third kappa shape index (κ3) is 4.30. The summed E-state index contributed by atoms with van der Waals surface area (Å²) in [5.41, 5.74) is 3.16. The van der Waals surface area contributed by atoms with Gasteiger partial charge < -0.3 is 19.5 Å². The summed E-state index contributed by atoms with van der Waals surface area (Å²) in [7, 11) is 3.24. The average Bonchev–Trinajstić information content (AvgIpc) is 3.59. The van der Waals surface area contributed by atoms with E-state index in [1.807, 2.05) is 36.4 Å². The Morgan fingerprint density at radius 3 is 2.76 bits per heavy atom. The van der Waals surface area contributed by atoms with Gasteiger partial charge in [-0.15, -0.1) is 0 Å². The van der Waals surface area contributed by atoms with Crippen LogP contribution in [0.2, 0.25) is 0 Å². The molecule has 1 aromatic heterocycles. The zero-order valence-corrected chi connectivity index (χ0v) is 16.5. The standard InChI is InChI=1S/C22H23N3O4/c1-27-10-11-29-16-5-3-4-15(12-16)17-8-9-18(28-2)21-20(17)23-13-19(24-21)25-22(26)14-6-7-14/h3-5,8-9,12-14H,6-7,10-11H2,1-2H3,(H,24,25,26). The predicted molar refractivity (Wildman–Crippen MR) is 110 cm³/mol. The number of amides is 1. The van der Waals surface area contributed by atoms with Crippen LogP contribution in [0.3, 0.4) is 0 Å². The molecule has 7 heteroatoms. The number of ether oxygens (including phenoxy) is 3. The van der Waals surface area contributed by atoms with Crippen LogP contribution in [0.25, 0.3) is 22.2 Å². The summed E-state index contributed by atoms with van der Waals surface area (Å²) in [4.78, 5) is 21.3. The molecule has 1 N–H and O–H groups in total. The van der Waals surface area contributed by atoms with E-state index >= 15 is 0 Å². The SMILES string of the molecule is COCCOc1cccc(-c2ccc(OC)c3nc(NC(=O)C4CC4)cnc23)c1. The van der Waals surface area contributed by atoms with Gasteiger partial charge in [-0.2, -0.15) is 0 Å². The largest absolute Gasteiger partial charge is 0.494 e. The number of aromatic nitrogens is 2. The van der Waals surface area contributed by atoms with Crippen molar-refractivity contribution in [2.24, 2.45) is 5.92 Å². The van der Waals surface area contributed by atoms with Crippen LogP contribution in [0.1, 0.15) is 12.8 Å². The van der Waals surface area contributed by atoms with Crippen LogP contribution in [-0.4, -0.2) is 43.3 Å². The van der Waals surface area contributed by atoms with Gasteiger partial charge in [0.15, 0.2) is 5.82 Å². The maximum atomic E-state index is 12.1. The highest BCUT2D eigenvalue weighted by Crippen LogP contribution is 2.35. The van der Waals surface area contributed by atoms with Crippen LogP contribution in [0.4, 0.5) is 5.82 Å². The van der Waals surface area contributed by atoms with E-state index in [0.29, 0.717) is 35.8 Å². The first-order valence-electron chi connectivity index (χ1n) is 9.56. The molecule has 0 saturated heterocycles. The maximum Gasteiger partial charge on any atom is 0.228 e. The van der Waals surface area contributed by atoms with Crippen LogP contribution in [0.5, 0.6) is 11.5 Å². The van der Waals surface area contributed by atoms with Crippen molar-refractivity contribution >= 4 is 22.8 Å². The third-order valence-corrected chi connectivity index (χ3v) is 4.78. The van der Waals surface area contributed by atoms with E-state index in [-0.39, 0.29) is 11.8 Å². The minimum Gasteiger partial charge on any atom is -0.494 e. The summed E-state index contributed by atoms with van der Waals surface area (Å²) in [6, 6.07) is 11.6. The normalized spacial score (nSPS) is 13.3. The highest BCUT2D eigenvalue weighted by molar-refractivity contribution is 5.98. The molecule has 0 atom stereocenters. The number of hydrogen-bond donors (Lipinski definition) is 1. The highest BCUT2D eigenvalue weighted by Gasteiger charge is 2.30. The molecule has 29 heavy (non-hydrogen) atoms. The van der Waals surface area contributed by atoms with Gasteiger partial charge in [0, 0.05) is 18.6 Å². The Labute approximate surface area is 169 Å². The molecule has 1 saturated carbocycles. The van der Waals surface area contributed by atoms with Crippen molar-refractivity contribution in [1.29, 1.82) is 0 Å². The Kier molecular flexibility index (Phi) is 5.57. The molecule has 7 nitrogen and oxygen atoms in total. The second-order valence-electron chi connectivity index (χ2n) is 6.90. The Hall–Kier alpha value is -3.19. The molecule has 1 heterocycles. The summed E-state index contributed by atoms with van der Waals surface area (Å²) in [5, 5.41) is 2.84. The summed E-state index contributed by atoms with van der Waals surface area (Å²) < 4.78 is 16.2. The smallest absolute Gasteiger partial charge is 0.228 e. The molecule has 1 fully saturated rings. The maximum absolute atomic E-state index is 12.1. The number of hydrogen-bond acceptors (Lipinski definition) is 6. The number of rotatable bonds is 8. The quantitative estimate of drug-likeness (QED) is 0.588. The minimum atomic E-state index is -0.00493. The lowest BCUT2D eigenvalue weighted by atomic mass is 10.0. The first-order chi connectivity index (χ1) is 14.2. The molecule has 4 rings (SSSR count). The van der Waals surface area contributed by atoms with E-state index in [4.69, 9.17) is 14.2 Å². The molecule has 150 valence electrons. The van der Waals surface area contributed by atoms with Gasteiger partial charge in [0.05, 0.1) is 19.9 Å². The summed E-state index contributed by atoms with van der Waals surface area (Å²) in [5.74, 6) is 1.88. The van der Waals surface area contributed by atoms with Crippen molar-refractivity contribution in [3.05, 3.63) is 42.6 Å². The van der Waals surface area contributed by atoms with E-state index in [1.165, 1.54) is 0 Å². The van der Waals surface area contributed by atoms with E-state index in [1.54, 1.807) is 20.4 Å². The molecule has 0 spiro atoms. The summed E-state index contributed by atoms with van der Waals surface area (Å²) in [6.45, 7) is 1.00. The second-order valence-corrected chi connectivity index (χ2v) is 6.90. The Balaban J connectivity index is 1.69. The number of anilines is 1. The van der Waals surface area contributed by atoms with Crippen LogP contribution >= 0.6 is 0 Å². The number of nitrogens with zero attached hydrogens (tertiary/aromatic N) is 2. The zero-order chi connectivity index (χ0) is 20.2. The Morgan fingerprint density at radius 2 is 2.00 bits per heavy atom. The lowest BCUT2D eigenvalue weighted by Crippen LogP contribution is -2.14. The number of carbonyl (C=O) groups excluding carboxylic acids is 1. The molecule has 1 aliphatic rings. The first kappa shape index (κ1) is 19.1. The number of nitrogens with one attached hydrogen (secondary N) is 1. The van der Waals surface area contributed by atoms with Gasteiger partial charge in [-0.05, 0) is 42.7 Å². The van der Waals surface area contributed by atoms with E-state index in [9.17, 15) is 4.79 Å². The van der Waals surface area contributed by atoms with Gasteiger partial charge in [0.25, 0.3) is 0 Å². The Bertz CT molecular complexity index is 1030. The molecular formula is C22H23N3O4. The van der Waals surface area contributed by atoms with Crippen molar-refractivity contribution in [1.82, 2.24) is 9.97 Å². The van der Waals surface area contributed by atoms with Crippen LogP contribution in [-0.2, 0) is 9.53 Å². The summed E-state index contributed by atoms with van der Waals surface area (Å²) >= 11 is 0. The topological polar surface area (TPSA) is 82.6 Å². The van der Waals surface area contributed by atoms with Crippen molar-refractivity contribution in [2.45, 2.75) is 12.8 Å². The van der Waals surface area contributed by atoms with Crippen molar-refractivity contribution in [3.63, 3.8) is 0 Å². The molecule has 3 aromatic rings. The molecule has 0 radical (unpaired) electrons. The van der Waals surface area contributed by atoms with Gasteiger partial charge >= 0.3 is 0 Å². The lowest BCUT2D eigenvalue weighted by molar-refractivity contribution is -0.117. The van der Waals surface area contributed by atoms with Gasteiger partial charge in [-0.1, -0.05) is 12.1 Å². The van der Waals surface area contributed by atoms with Crippen LogP contribution in [0.15, 0.2) is 42.6 Å². The Morgan fingerprint density at radius 1 is 1.14 bits per heavy atom. The molecule has 2 aromatic carbocycles. The fourth-order valence-electron chi connectivity index (χ4n) is 3.10. The van der Waals surface area contributed by atoms with Crippen LogP contribution in [0, 0.1) is 5.92 Å². The van der Waals surface area contributed by atoms with Crippen molar-refractivity contribution in [3.8, 4) is 22.6 Å². The molecule has 0 aliphatic heterocycles. The van der Waals surface area contributed by atoms with Crippen molar-refractivity contribution in [2.75, 3.05) is 32.8 Å². The van der Waals surface area contributed by atoms with Crippen LogP contribution < -0.4 is 14.8 Å². The average molecular weight is 393 g/mol. The fraction of sp³-hybridized carbons (Fsp3) is 0.318. The van der Waals surface area contributed by atoms with Crippen molar-refractivity contribution < 1.29 is 19.0 Å². The van der Waals surface area contributed by atoms with E-state index in [2.05, 4.69) is 15.3 Å². The molecule has 0 bridgehead atoms. The number of methoxy groups -OCH3 is 2. The minimum absolute atomic E-state index is 0.00493.